The van der Waals surface area contributed by atoms with E-state index in [2.05, 4.69) is 51.1 Å². The molecule has 2 aromatic rings. The van der Waals surface area contributed by atoms with Gasteiger partial charge in [0.1, 0.15) is 0 Å². The highest BCUT2D eigenvalue weighted by Crippen LogP contribution is 2.41. The maximum atomic E-state index is 13.6. The number of nitrogens with zero attached hydrogens (tertiary/aromatic N) is 3. The molecule has 2 aromatic carbocycles. The predicted molar refractivity (Wildman–Crippen MR) is 125 cm³/mol. The molecule has 4 nitrogen and oxygen atoms in total. The van der Waals surface area contributed by atoms with E-state index < -0.39 is 0 Å². The van der Waals surface area contributed by atoms with Gasteiger partial charge in [0, 0.05) is 49.8 Å². The Balaban J connectivity index is 1.26. The SMILES string of the molecule is O=C1N(Cc2ccccc2)CCC2(CCN(Cc3ccc(Cl)cc3)CC2)N1CC1CC1. The molecule has 3 aliphatic rings. The van der Waals surface area contributed by atoms with Crippen molar-refractivity contribution in [2.45, 2.75) is 50.7 Å². The summed E-state index contributed by atoms with van der Waals surface area (Å²) in [6.45, 7) is 5.60. The summed E-state index contributed by atoms with van der Waals surface area (Å²) in [5, 5.41) is 0.790. The fourth-order valence-electron chi connectivity index (χ4n) is 5.22. The van der Waals surface area contributed by atoms with Gasteiger partial charge in [0.25, 0.3) is 0 Å². The molecule has 0 N–H and O–H groups in total. The number of benzene rings is 2. The topological polar surface area (TPSA) is 26.8 Å². The summed E-state index contributed by atoms with van der Waals surface area (Å²) >= 11 is 6.04. The first-order chi connectivity index (χ1) is 15.1. The van der Waals surface area contributed by atoms with Gasteiger partial charge in [-0.25, -0.2) is 4.79 Å². The van der Waals surface area contributed by atoms with Crippen LogP contribution in [0.3, 0.4) is 0 Å². The van der Waals surface area contributed by atoms with Gasteiger partial charge >= 0.3 is 6.03 Å². The van der Waals surface area contributed by atoms with Crippen LogP contribution < -0.4 is 0 Å². The first-order valence-electron chi connectivity index (χ1n) is 11.7. The average Bonchev–Trinajstić information content (AvgIpc) is 3.62. The normalized spacial score (nSPS) is 21.6. The van der Waals surface area contributed by atoms with E-state index in [1.54, 1.807) is 0 Å². The standard InChI is InChI=1S/C26H32ClN3O/c27-24-10-8-22(9-11-24)18-28-15-12-26(13-16-28)14-17-29(19-21-4-2-1-3-5-21)25(31)30(26)20-23-6-7-23/h1-5,8-11,23H,6-7,12-20H2. The van der Waals surface area contributed by atoms with Crippen LogP contribution in [-0.2, 0) is 13.1 Å². The molecule has 1 spiro atoms. The largest absolute Gasteiger partial charge is 0.320 e. The van der Waals surface area contributed by atoms with Crippen LogP contribution in [0.4, 0.5) is 4.79 Å². The highest BCUT2D eigenvalue weighted by atomic mass is 35.5. The van der Waals surface area contributed by atoms with E-state index in [-0.39, 0.29) is 11.6 Å². The lowest BCUT2D eigenvalue weighted by molar-refractivity contribution is -0.00792. The highest BCUT2D eigenvalue weighted by molar-refractivity contribution is 6.30. The zero-order valence-corrected chi connectivity index (χ0v) is 18.9. The van der Waals surface area contributed by atoms with E-state index in [0.717, 1.165) is 63.6 Å². The van der Waals surface area contributed by atoms with E-state index in [0.29, 0.717) is 5.92 Å². The fourth-order valence-corrected chi connectivity index (χ4v) is 5.35. The second-order valence-corrected chi connectivity index (χ2v) is 10.1. The van der Waals surface area contributed by atoms with Crippen molar-refractivity contribution in [3.63, 3.8) is 0 Å². The second-order valence-electron chi connectivity index (χ2n) is 9.62. The van der Waals surface area contributed by atoms with Gasteiger partial charge in [-0.2, -0.15) is 0 Å². The number of likely N-dealkylation sites (tertiary alicyclic amines) is 1. The molecule has 2 saturated heterocycles. The number of piperidine rings is 1. The van der Waals surface area contributed by atoms with Crippen molar-refractivity contribution in [1.82, 2.24) is 14.7 Å². The molecular weight excluding hydrogens is 406 g/mol. The van der Waals surface area contributed by atoms with E-state index >= 15 is 0 Å². The first-order valence-corrected chi connectivity index (χ1v) is 12.1. The summed E-state index contributed by atoms with van der Waals surface area (Å²) in [5.41, 5.74) is 2.57. The molecule has 2 amide bonds. The lowest BCUT2D eigenvalue weighted by atomic mass is 9.80. The summed E-state index contributed by atoms with van der Waals surface area (Å²) in [4.78, 5) is 20.5. The number of amides is 2. The Morgan fingerprint density at radius 1 is 0.839 bits per heavy atom. The van der Waals surface area contributed by atoms with E-state index in [1.165, 1.54) is 24.0 Å². The molecule has 1 saturated carbocycles. The smallest absolute Gasteiger partial charge is 0.320 e. The molecule has 3 fully saturated rings. The lowest BCUT2D eigenvalue weighted by Crippen LogP contribution is -2.65. The van der Waals surface area contributed by atoms with Gasteiger partial charge in [0.05, 0.1) is 0 Å². The Kier molecular flexibility index (Phi) is 5.94. The number of hydrogen-bond acceptors (Lipinski definition) is 2. The Morgan fingerprint density at radius 2 is 1.48 bits per heavy atom. The van der Waals surface area contributed by atoms with Crippen molar-refractivity contribution in [2.75, 3.05) is 26.2 Å². The number of carbonyl (C=O) groups excluding carboxylic acids is 1. The lowest BCUT2D eigenvalue weighted by Gasteiger charge is -2.54. The van der Waals surface area contributed by atoms with Crippen molar-refractivity contribution in [3.05, 3.63) is 70.7 Å². The predicted octanol–water partition coefficient (Wildman–Crippen LogP) is 5.41. The summed E-state index contributed by atoms with van der Waals surface area (Å²) < 4.78 is 0. The van der Waals surface area contributed by atoms with Crippen molar-refractivity contribution in [1.29, 1.82) is 0 Å². The summed E-state index contributed by atoms with van der Waals surface area (Å²) in [6, 6.07) is 18.8. The molecule has 0 bridgehead atoms. The van der Waals surface area contributed by atoms with Crippen molar-refractivity contribution >= 4 is 17.6 Å². The van der Waals surface area contributed by atoms with Crippen molar-refractivity contribution < 1.29 is 4.79 Å². The van der Waals surface area contributed by atoms with Gasteiger partial charge in [0.15, 0.2) is 0 Å². The third kappa shape index (κ3) is 4.75. The van der Waals surface area contributed by atoms with Crippen LogP contribution in [0, 0.1) is 5.92 Å². The summed E-state index contributed by atoms with van der Waals surface area (Å²) in [6.07, 6.45) is 5.81. The van der Waals surface area contributed by atoms with Crippen LogP contribution in [0.15, 0.2) is 54.6 Å². The van der Waals surface area contributed by atoms with Gasteiger partial charge in [-0.15, -0.1) is 0 Å². The van der Waals surface area contributed by atoms with E-state index in [1.807, 2.05) is 18.2 Å². The highest BCUT2D eigenvalue weighted by Gasteiger charge is 2.48. The fraction of sp³-hybridized carbons (Fsp3) is 0.500. The van der Waals surface area contributed by atoms with Crippen LogP contribution in [0.2, 0.25) is 5.02 Å². The Morgan fingerprint density at radius 3 is 2.16 bits per heavy atom. The van der Waals surface area contributed by atoms with Crippen LogP contribution in [0.25, 0.3) is 0 Å². The van der Waals surface area contributed by atoms with Crippen LogP contribution in [0.1, 0.15) is 43.2 Å². The van der Waals surface area contributed by atoms with Crippen LogP contribution >= 0.6 is 11.6 Å². The molecule has 1 aliphatic carbocycles. The van der Waals surface area contributed by atoms with Crippen molar-refractivity contribution in [3.8, 4) is 0 Å². The Hall–Kier alpha value is -2.04. The molecule has 0 atom stereocenters. The van der Waals surface area contributed by atoms with Gasteiger partial charge in [-0.05, 0) is 61.3 Å². The average molecular weight is 438 g/mol. The van der Waals surface area contributed by atoms with Crippen molar-refractivity contribution in [2.24, 2.45) is 5.92 Å². The molecular formula is C26H32ClN3O. The zero-order chi connectivity index (χ0) is 21.3. The zero-order valence-electron chi connectivity index (χ0n) is 18.2. The maximum absolute atomic E-state index is 13.6. The van der Waals surface area contributed by atoms with E-state index in [4.69, 9.17) is 11.6 Å². The number of urea groups is 1. The third-order valence-corrected chi connectivity index (χ3v) is 7.63. The summed E-state index contributed by atoms with van der Waals surface area (Å²) in [7, 11) is 0. The number of rotatable bonds is 6. The Bertz CT molecular complexity index is 889. The summed E-state index contributed by atoms with van der Waals surface area (Å²) in [5.74, 6) is 0.713. The number of halogens is 1. The van der Waals surface area contributed by atoms with Crippen LogP contribution in [-0.4, -0.2) is 52.4 Å². The molecule has 0 aromatic heterocycles. The second kappa shape index (κ2) is 8.84. The minimum Gasteiger partial charge on any atom is -0.320 e. The van der Waals surface area contributed by atoms with Gasteiger partial charge in [0.2, 0.25) is 0 Å². The molecule has 0 unspecified atom stereocenters. The van der Waals surface area contributed by atoms with Crippen LogP contribution in [0.5, 0.6) is 0 Å². The quantitative estimate of drug-likeness (QED) is 0.603. The number of hydrogen-bond donors (Lipinski definition) is 0. The first kappa shape index (κ1) is 20.8. The molecule has 5 heteroatoms. The number of carbonyl (C=O) groups is 1. The third-order valence-electron chi connectivity index (χ3n) is 7.38. The van der Waals surface area contributed by atoms with Gasteiger partial charge in [-0.3, -0.25) is 4.90 Å². The minimum absolute atomic E-state index is 0.0450. The molecule has 2 heterocycles. The van der Waals surface area contributed by atoms with Gasteiger partial charge < -0.3 is 9.80 Å². The van der Waals surface area contributed by atoms with E-state index in [9.17, 15) is 4.79 Å². The molecule has 2 aliphatic heterocycles. The Labute approximate surface area is 190 Å². The molecule has 5 rings (SSSR count). The minimum atomic E-state index is 0.0450. The van der Waals surface area contributed by atoms with Gasteiger partial charge in [-0.1, -0.05) is 54.1 Å². The molecule has 164 valence electrons. The molecule has 0 radical (unpaired) electrons. The monoisotopic (exact) mass is 437 g/mol. The molecule has 31 heavy (non-hydrogen) atoms. The maximum Gasteiger partial charge on any atom is 0.320 e.